The summed E-state index contributed by atoms with van der Waals surface area (Å²) in [5.74, 6) is 2.09. The van der Waals surface area contributed by atoms with Gasteiger partial charge in [-0.3, -0.25) is 0 Å². The molecule has 138 valence electrons. The van der Waals surface area contributed by atoms with Gasteiger partial charge >= 0.3 is 0 Å². The Hall–Kier alpha value is 0.274. The first-order chi connectivity index (χ1) is 11.1. The van der Waals surface area contributed by atoms with Crippen molar-refractivity contribution in [3.63, 3.8) is 0 Å². The van der Waals surface area contributed by atoms with E-state index in [2.05, 4.69) is 77.4 Å². The van der Waals surface area contributed by atoms with Crippen LogP contribution in [0.25, 0.3) is 0 Å². The lowest BCUT2D eigenvalue weighted by Crippen LogP contribution is -2.29. The highest BCUT2D eigenvalue weighted by Gasteiger charge is 2.29. The van der Waals surface area contributed by atoms with Gasteiger partial charge in [-0.1, -0.05) is 38.1 Å². The second-order valence-corrected chi connectivity index (χ2v) is 19.3. The zero-order valence-electron chi connectivity index (χ0n) is 16.5. The van der Waals surface area contributed by atoms with E-state index < -0.39 is 16.6 Å². The summed E-state index contributed by atoms with van der Waals surface area (Å²) in [5, 5.41) is 0. The van der Waals surface area contributed by atoms with Crippen molar-refractivity contribution in [2.45, 2.75) is 64.0 Å². The molecule has 0 N–H and O–H groups in total. The summed E-state index contributed by atoms with van der Waals surface area (Å²) >= 11 is 3.77. The van der Waals surface area contributed by atoms with E-state index in [0.717, 1.165) is 11.5 Å². The smallest absolute Gasteiger partial charge is 0.185 e. The number of benzene rings is 1. The SMILES string of the molecule is CCS[C@@H](O[Si](C)(C)C)c1ccccc1[C@@H](O[Si](C)(C)C)SCC. The van der Waals surface area contributed by atoms with Gasteiger partial charge in [0.25, 0.3) is 0 Å². The van der Waals surface area contributed by atoms with Gasteiger partial charge in [-0.25, -0.2) is 0 Å². The lowest BCUT2D eigenvalue weighted by molar-refractivity contribution is 0.266. The Balaban J connectivity index is 3.22. The highest BCUT2D eigenvalue weighted by molar-refractivity contribution is 7.99. The van der Waals surface area contributed by atoms with Crippen LogP contribution in [0.5, 0.6) is 0 Å². The predicted octanol–water partition coefficient (Wildman–Crippen LogP) is 6.89. The molecule has 1 rings (SSSR count). The average Bonchev–Trinajstić information content (AvgIpc) is 2.44. The van der Waals surface area contributed by atoms with Crippen molar-refractivity contribution < 1.29 is 8.85 Å². The second-order valence-electron chi connectivity index (χ2n) is 7.66. The number of thioether (sulfide) groups is 2. The standard InChI is InChI=1S/C18H34O2S2Si2/c1-9-21-17(19-23(3,4)5)15-13-11-12-14-16(15)18(22-10-2)20-24(6,7)8/h11-14,17-18H,9-10H2,1-8H3/t17-,18+. The Bertz CT molecular complexity index is 454. The fourth-order valence-corrected chi connectivity index (χ4v) is 7.47. The van der Waals surface area contributed by atoms with Gasteiger partial charge in [-0.15, -0.1) is 23.5 Å². The lowest BCUT2D eigenvalue weighted by Gasteiger charge is -2.31. The van der Waals surface area contributed by atoms with E-state index in [1.807, 2.05) is 23.5 Å². The largest absolute Gasteiger partial charge is 0.402 e. The van der Waals surface area contributed by atoms with Crippen LogP contribution in [0, 0.1) is 0 Å². The summed E-state index contributed by atoms with van der Waals surface area (Å²) in [4.78, 5) is 0. The fourth-order valence-electron chi connectivity index (χ4n) is 2.26. The Labute approximate surface area is 159 Å². The average molecular weight is 403 g/mol. The van der Waals surface area contributed by atoms with Gasteiger partial charge < -0.3 is 8.85 Å². The van der Waals surface area contributed by atoms with Crippen LogP contribution in [0.3, 0.4) is 0 Å². The summed E-state index contributed by atoms with van der Waals surface area (Å²) in [6.45, 7) is 18.0. The molecule has 1 aromatic carbocycles. The van der Waals surface area contributed by atoms with Gasteiger partial charge in [0.15, 0.2) is 16.6 Å². The summed E-state index contributed by atoms with van der Waals surface area (Å²) in [6.07, 6.45) is 0. The van der Waals surface area contributed by atoms with Crippen molar-refractivity contribution in [2.75, 3.05) is 11.5 Å². The normalized spacial score (nSPS) is 15.3. The molecule has 0 amide bonds. The minimum absolute atomic E-state index is 0.100. The number of hydrogen-bond donors (Lipinski definition) is 0. The van der Waals surface area contributed by atoms with Crippen molar-refractivity contribution in [1.29, 1.82) is 0 Å². The third kappa shape index (κ3) is 8.10. The van der Waals surface area contributed by atoms with Crippen LogP contribution in [-0.2, 0) is 8.85 Å². The first-order valence-corrected chi connectivity index (χ1v) is 17.7. The molecule has 0 spiro atoms. The van der Waals surface area contributed by atoms with Crippen molar-refractivity contribution in [1.82, 2.24) is 0 Å². The van der Waals surface area contributed by atoms with E-state index in [-0.39, 0.29) is 10.9 Å². The predicted molar refractivity (Wildman–Crippen MR) is 117 cm³/mol. The molecule has 6 heteroatoms. The maximum Gasteiger partial charge on any atom is 0.185 e. The molecule has 0 bridgehead atoms. The summed E-state index contributed by atoms with van der Waals surface area (Å²) in [7, 11) is -3.25. The molecule has 0 saturated carbocycles. The second kappa shape index (κ2) is 9.83. The maximum absolute atomic E-state index is 6.51. The van der Waals surface area contributed by atoms with Crippen LogP contribution >= 0.6 is 23.5 Å². The van der Waals surface area contributed by atoms with Gasteiger partial charge in [0.2, 0.25) is 0 Å². The van der Waals surface area contributed by atoms with E-state index in [1.165, 1.54) is 11.1 Å². The third-order valence-corrected chi connectivity index (χ3v) is 7.26. The molecule has 0 unspecified atom stereocenters. The first-order valence-electron chi connectivity index (χ1n) is 8.75. The Morgan fingerprint density at radius 3 is 1.33 bits per heavy atom. The van der Waals surface area contributed by atoms with Crippen LogP contribution in [0.1, 0.15) is 35.8 Å². The highest BCUT2D eigenvalue weighted by Crippen LogP contribution is 2.41. The molecule has 0 aliphatic carbocycles. The monoisotopic (exact) mass is 402 g/mol. The number of hydrogen-bond acceptors (Lipinski definition) is 4. The maximum atomic E-state index is 6.51. The summed E-state index contributed by atoms with van der Waals surface area (Å²) in [6, 6.07) is 8.69. The number of rotatable bonds is 10. The molecule has 0 fully saturated rings. The zero-order chi connectivity index (χ0) is 18.4. The minimum Gasteiger partial charge on any atom is -0.402 e. The van der Waals surface area contributed by atoms with Gasteiger partial charge in [0.1, 0.15) is 10.9 Å². The Morgan fingerprint density at radius 1 is 0.750 bits per heavy atom. The van der Waals surface area contributed by atoms with Gasteiger partial charge in [0, 0.05) is 0 Å². The molecule has 0 aromatic heterocycles. The molecule has 0 saturated heterocycles. The van der Waals surface area contributed by atoms with Crippen molar-refractivity contribution in [2.24, 2.45) is 0 Å². The van der Waals surface area contributed by atoms with E-state index in [9.17, 15) is 0 Å². The Morgan fingerprint density at radius 2 is 1.08 bits per heavy atom. The molecule has 2 atom stereocenters. The Kier molecular flexibility index (Phi) is 9.14. The van der Waals surface area contributed by atoms with Gasteiger partial charge in [-0.05, 0) is 61.9 Å². The molecule has 24 heavy (non-hydrogen) atoms. The quantitative estimate of drug-likeness (QED) is 0.313. The van der Waals surface area contributed by atoms with Crippen LogP contribution in [0.4, 0.5) is 0 Å². The fraction of sp³-hybridized carbons (Fsp3) is 0.667. The first kappa shape index (κ1) is 22.3. The highest BCUT2D eigenvalue weighted by atomic mass is 32.2. The molecule has 0 aliphatic rings. The van der Waals surface area contributed by atoms with Crippen molar-refractivity contribution in [3.05, 3.63) is 35.4 Å². The van der Waals surface area contributed by atoms with Crippen molar-refractivity contribution >= 4 is 40.2 Å². The lowest BCUT2D eigenvalue weighted by atomic mass is 10.1. The van der Waals surface area contributed by atoms with Crippen LogP contribution in [0.2, 0.25) is 39.3 Å². The summed E-state index contributed by atoms with van der Waals surface area (Å²) < 4.78 is 13.0. The molecule has 2 nitrogen and oxygen atoms in total. The van der Waals surface area contributed by atoms with E-state index >= 15 is 0 Å². The topological polar surface area (TPSA) is 18.5 Å². The zero-order valence-corrected chi connectivity index (χ0v) is 20.1. The van der Waals surface area contributed by atoms with E-state index in [1.54, 1.807) is 0 Å². The van der Waals surface area contributed by atoms with Crippen LogP contribution < -0.4 is 0 Å². The molecular weight excluding hydrogens is 369 g/mol. The van der Waals surface area contributed by atoms with Gasteiger partial charge in [-0.2, -0.15) is 0 Å². The van der Waals surface area contributed by atoms with E-state index in [0.29, 0.717) is 0 Å². The molecule has 0 radical (unpaired) electrons. The molecule has 1 aromatic rings. The van der Waals surface area contributed by atoms with Crippen LogP contribution in [0.15, 0.2) is 24.3 Å². The molecule has 0 aliphatic heterocycles. The molecular formula is C18H34O2S2Si2. The van der Waals surface area contributed by atoms with Gasteiger partial charge in [0.05, 0.1) is 0 Å². The van der Waals surface area contributed by atoms with E-state index in [4.69, 9.17) is 8.85 Å². The van der Waals surface area contributed by atoms with Crippen molar-refractivity contribution in [3.8, 4) is 0 Å². The van der Waals surface area contributed by atoms with Crippen LogP contribution in [-0.4, -0.2) is 28.1 Å². The third-order valence-electron chi connectivity index (χ3n) is 3.06. The summed E-state index contributed by atoms with van der Waals surface area (Å²) in [5.41, 5.74) is 2.78. The molecule has 0 heterocycles. The minimum atomic E-state index is -1.62.